The van der Waals surface area contributed by atoms with E-state index < -0.39 is 59.8 Å². The van der Waals surface area contributed by atoms with Gasteiger partial charge in [0.2, 0.25) is 0 Å². The molecule has 352 valence electrons. The molecule has 1 fully saturated rings. The molecule has 0 aromatic rings. The topological polar surface area (TPSA) is 178 Å². The maximum Gasteiger partial charge on any atom is 0.397 e. The molecule has 4 N–H and O–H groups in total. The van der Waals surface area contributed by atoms with Crippen LogP contribution in [0.1, 0.15) is 194 Å². The standard InChI is InChI=1S/C47H86O12S/c1-3-5-7-9-11-13-14-15-16-17-18-19-20-21-22-23-24-25-26-27-29-31-33-35-37-55-39-41(57-43(49)36-34-32-30-28-12-10-8-6-4-2)40-56-47-45(51)46(59-60(52,53)54)44(50)42(38-48)58-47/h14-15,17-18,20-21,41-42,44-48,50-51H,3-13,16,19,22-40H2,1-2H3,(H,52,53,54)/b15-14-,18-17-,21-20-. The van der Waals surface area contributed by atoms with Gasteiger partial charge in [-0.15, -0.1) is 0 Å². The van der Waals surface area contributed by atoms with E-state index in [0.29, 0.717) is 13.0 Å². The molecule has 0 amide bonds. The maximum atomic E-state index is 12.8. The third kappa shape index (κ3) is 32.1. The smallest absolute Gasteiger partial charge is 0.397 e. The van der Waals surface area contributed by atoms with Crippen LogP contribution in [0, 0.1) is 0 Å². The molecule has 1 aliphatic rings. The number of hydrogen-bond acceptors (Lipinski definition) is 11. The summed E-state index contributed by atoms with van der Waals surface area (Å²) in [4.78, 5) is 12.8. The molecule has 0 aromatic heterocycles. The minimum absolute atomic E-state index is 0.0339. The number of unbranched alkanes of at least 4 members (excludes halogenated alkanes) is 22. The van der Waals surface area contributed by atoms with Crippen molar-refractivity contribution in [1.29, 1.82) is 0 Å². The van der Waals surface area contributed by atoms with E-state index in [1.54, 1.807) is 0 Å². The molecule has 1 saturated heterocycles. The number of aliphatic hydroxyl groups excluding tert-OH is 3. The fourth-order valence-corrected chi connectivity index (χ4v) is 7.66. The van der Waals surface area contributed by atoms with Crippen LogP contribution in [-0.4, -0.2) is 97.5 Å². The van der Waals surface area contributed by atoms with Gasteiger partial charge in [0.1, 0.15) is 30.5 Å². The largest absolute Gasteiger partial charge is 0.457 e. The Morgan fingerprint density at radius 1 is 0.633 bits per heavy atom. The number of hydrogen-bond donors (Lipinski definition) is 4. The first-order chi connectivity index (χ1) is 29.1. The lowest BCUT2D eigenvalue weighted by Gasteiger charge is -2.41. The zero-order valence-electron chi connectivity index (χ0n) is 37.5. The van der Waals surface area contributed by atoms with Crippen LogP contribution < -0.4 is 0 Å². The Labute approximate surface area is 364 Å². The van der Waals surface area contributed by atoms with Gasteiger partial charge < -0.3 is 34.3 Å². The first kappa shape index (κ1) is 56.3. The minimum atomic E-state index is -5.06. The van der Waals surface area contributed by atoms with E-state index in [0.717, 1.165) is 57.8 Å². The van der Waals surface area contributed by atoms with Gasteiger partial charge >= 0.3 is 16.4 Å². The molecule has 1 aliphatic heterocycles. The molecule has 1 heterocycles. The van der Waals surface area contributed by atoms with Crippen LogP contribution in [0.4, 0.5) is 0 Å². The zero-order chi connectivity index (χ0) is 43.9. The summed E-state index contributed by atoms with van der Waals surface area (Å²) >= 11 is 0. The van der Waals surface area contributed by atoms with E-state index in [-0.39, 0.29) is 19.6 Å². The van der Waals surface area contributed by atoms with Gasteiger partial charge in [0.15, 0.2) is 6.29 Å². The fourth-order valence-electron chi connectivity index (χ4n) is 7.15. The van der Waals surface area contributed by atoms with Crippen molar-refractivity contribution in [3.05, 3.63) is 36.5 Å². The highest BCUT2D eigenvalue weighted by Gasteiger charge is 2.48. The normalized spacial score (nSPS) is 20.5. The molecular formula is C47H86O12S. The van der Waals surface area contributed by atoms with Gasteiger partial charge in [0.05, 0.1) is 19.8 Å². The summed E-state index contributed by atoms with van der Waals surface area (Å²) in [5.41, 5.74) is 0. The number of carbonyl (C=O) groups is 1. The Balaban J connectivity index is 2.31. The van der Waals surface area contributed by atoms with Crippen LogP contribution in [0.2, 0.25) is 0 Å². The third-order valence-corrected chi connectivity index (χ3v) is 11.2. The predicted molar refractivity (Wildman–Crippen MR) is 239 cm³/mol. The number of esters is 1. The quantitative estimate of drug-likeness (QED) is 0.0198. The number of aliphatic hydroxyl groups is 3. The summed E-state index contributed by atoms with van der Waals surface area (Å²) in [6, 6.07) is 0. The lowest BCUT2D eigenvalue weighted by molar-refractivity contribution is -0.301. The van der Waals surface area contributed by atoms with Gasteiger partial charge in [-0.2, -0.15) is 8.42 Å². The third-order valence-electron chi connectivity index (χ3n) is 10.8. The monoisotopic (exact) mass is 875 g/mol. The van der Waals surface area contributed by atoms with Crippen molar-refractivity contribution in [3.63, 3.8) is 0 Å². The Morgan fingerprint density at radius 2 is 1.10 bits per heavy atom. The Hall–Kier alpha value is -1.68. The SMILES string of the molecule is CCCCCCC/C=C\C/C=C\C/C=C\CCCCCCCCCCCOCC(COC1OC(CO)C(O)C(OS(=O)(=O)O)C1O)OC(=O)CCCCCCCCCCC. The predicted octanol–water partition coefficient (Wildman–Crippen LogP) is 10.2. The zero-order valence-corrected chi connectivity index (χ0v) is 38.3. The molecule has 1 rings (SSSR count). The minimum Gasteiger partial charge on any atom is -0.457 e. The van der Waals surface area contributed by atoms with Gasteiger partial charge in [-0.05, 0) is 51.4 Å². The number of carbonyl (C=O) groups excluding carboxylic acids is 1. The first-order valence-corrected chi connectivity index (χ1v) is 25.1. The van der Waals surface area contributed by atoms with Gasteiger partial charge in [0, 0.05) is 13.0 Å². The summed E-state index contributed by atoms with van der Waals surface area (Å²) in [6.45, 7) is 3.94. The van der Waals surface area contributed by atoms with Crippen molar-refractivity contribution >= 4 is 16.4 Å². The van der Waals surface area contributed by atoms with Crippen LogP contribution in [0.5, 0.6) is 0 Å². The Kier molecular flexibility index (Phi) is 36.6. The molecule has 0 radical (unpaired) electrons. The number of ether oxygens (including phenoxy) is 4. The molecular weight excluding hydrogens is 789 g/mol. The second-order valence-electron chi connectivity index (χ2n) is 16.4. The van der Waals surface area contributed by atoms with Crippen LogP contribution in [0.15, 0.2) is 36.5 Å². The summed E-state index contributed by atoms with van der Waals surface area (Å²) < 4.78 is 59.0. The van der Waals surface area contributed by atoms with E-state index in [9.17, 15) is 28.5 Å². The van der Waals surface area contributed by atoms with E-state index in [4.69, 9.17) is 23.5 Å². The van der Waals surface area contributed by atoms with E-state index >= 15 is 0 Å². The molecule has 13 heteroatoms. The van der Waals surface area contributed by atoms with Crippen LogP contribution in [0.3, 0.4) is 0 Å². The van der Waals surface area contributed by atoms with Crippen molar-refractivity contribution in [2.24, 2.45) is 0 Å². The van der Waals surface area contributed by atoms with Crippen molar-refractivity contribution < 1.29 is 56.2 Å². The van der Waals surface area contributed by atoms with Crippen LogP contribution >= 0.6 is 0 Å². The second kappa shape index (κ2) is 39.0. The second-order valence-corrected chi connectivity index (χ2v) is 17.4. The molecule has 0 bridgehead atoms. The van der Waals surface area contributed by atoms with Crippen molar-refractivity contribution in [2.45, 2.75) is 230 Å². The average molecular weight is 875 g/mol. The summed E-state index contributed by atoms with van der Waals surface area (Å²) in [6.07, 6.45) is 36.2. The van der Waals surface area contributed by atoms with E-state index in [2.05, 4.69) is 54.5 Å². The maximum absolute atomic E-state index is 12.8. The van der Waals surface area contributed by atoms with Gasteiger partial charge in [-0.1, -0.05) is 172 Å². The summed E-state index contributed by atoms with van der Waals surface area (Å²) in [7, 11) is -5.06. The molecule has 6 atom stereocenters. The highest BCUT2D eigenvalue weighted by molar-refractivity contribution is 7.80. The number of allylic oxidation sites excluding steroid dienone is 6. The average Bonchev–Trinajstić information content (AvgIpc) is 3.22. The van der Waals surface area contributed by atoms with Crippen LogP contribution in [0.25, 0.3) is 0 Å². The summed E-state index contributed by atoms with van der Waals surface area (Å²) in [5, 5.41) is 30.6. The Bertz CT molecular complexity index is 1190. The number of rotatable bonds is 41. The first-order valence-electron chi connectivity index (χ1n) is 23.7. The highest BCUT2D eigenvalue weighted by atomic mass is 32.3. The van der Waals surface area contributed by atoms with E-state index in [1.807, 2.05) is 0 Å². The highest BCUT2D eigenvalue weighted by Crippen LogP contribution is 2.26. The molecule has 6 unspecified atom stereocenters. The molecule has 60 heavy (non-hydrogen) atoms. The fraction of sp³-hybridized carbons (Fsp3) is 0.851. The van der Waals surface area contributed by atoms with Crippen molar-refractivity contribution in [2.75, 3.05) is 26.4 Å². The van der Waals surface area contributed by atoms with Gasteiger partial charge in [-0.25, -0.2) is 4.18 Å². The Morgan fingerprint density at radius 3 is 1.60 bits per heavy atom. The lowest BCUT2D eigenvalue weighted by Crippen LogP contribution is -2.60. The van der Waals surface area contributed by atoms with Crippen LogP contribution in [-0.2, 0) is 38.3 Å². The molecule has 0 aromatic carbocycles. The van der Waals surface area contributed by atoms with Gasteiger partial charge in [0.25, 0.3) is 0 Å². The van der Waals surface area contributed by atoms with Crippen molar-refractivity contribution in [1.82, 2.24) is 0 Å². The summed E-state index contributed by atoms with van der Waals surface area (Å²) in [5.74, 6) is -0.404. The molecule has 0 saturated carbocycles. The lowest BCUT2D eigenvalue weighted by atomic mass is 9.99. The molecule has 12 nitrogen and oxygen atoms in total. The van der Waals surface area contributed by atoms with Gasteiger partial charge in [-0.3, -0.25) is 9.35 Å². The van der Waals surface area contributed by atoms with E-state index in [1.165, 1.54) is 109 Å². The molecule has 0 aliphatic carbocycles. The van der Waals surface area contributed by atoms with Crippen molar-refractivity contribution in [3.8, 4) is 0 Å². The molecule has 0 spiro atoms.